The summed E-state index contributed by atoms with van der Waals surface area (Å²) in [5.74, 6) is 0.839. The normalized spacial score (nSPS) is 30.2. The van der Waals surface area contributed by atoms with Crippen molar-refractivity contribution in [3.05, 3.63) is 96.2 Å². The zero-order chi connectivity index (χ0) is 12.5. The van der Waals surface area contributed by atoms with Crippen LogP contribution in [0.2, 0.25) is 0 Å². The van der Waals surface area contributed by atoms with Gasteiger partial charge in [-0.05, 0) is 22.3 Å². The molecule has 0 saturated heterocycles. The predicted molar refractivity (Wildman–Crippen MR) is 78.0 cm³/mol. The molecule has 3 rings (SSSR count). The largest absolute Gasteiger partial charge is 0.0991 e. The van der Waals surface area contributed by atoms with Crippen LogP contribution in [-0.2, 0) is 0 Å². The molecule has 0 spiro atoms. The second-order valence-electron chi connectivity index (χ2n) is 4.75. The summed E-state index contributed by atoms with van der Waals surface area (Å²) < 4.78 is 0. The average molecular weight is 232 g/mol. The molecule has 0 aliphatic heterocycles. The average Bonchev–Trinajstić information content (AvgIpc) is 2.42. The zero-order valence-electron chi connectivity index (χ0n) is 10.3. The van der Waals surface area contributed by atoms with Gasteiger partial charge in [-0.25, -0.2) is 0 Å². The van der Waals surface area contributed by atoms with Gasteiger partial charge in [0.15, 0.2) is 0 Å². The van der Waals surface area contributed by atoms with Crippen molar-refractivity contribution in [2.24, 2.45) is 11.8 Å². The zero-order valence-corrected chi connectivity index (χ0v) is 10.3. The van der Waals surface area contributed by atoms with Crippen LogP contribution in [0.4, 0.5) is 0 Å². The summed E-state index contributed by atoms with van der Waals surface area (Å²) in [6.45, 7) is 7.77. The fourth-order valence-corrected chi connectivity index (χ4v) is 3.03. The van der Waals surface area contributed by atoms with Crippen molar-refractivity contribution in [2.45, 2.75) is 0 Å². The van der Waals surface area contributed by atoms with Gasteiger partial charge in [0.2, 0.25) is 0 Å². The first-order chi connectivity index (χ1) is 8.85. The lowest BCUT2D eigenvalue weighted by Gasteiger charge is -2.38. The second-order valence-corrected chi connectivity index (χ2v) is 4.75. The van der Waals surface area contributed by atoms with E-state index in [1.165, 1.54) is 22.3 Å². The third kappa shape index (κ3) is 1.53. The van der Waals surface area contributed by atoms with Crippen LogP contribution in [0.1, 0.15) is 0 Å². The maximum absolute atomic E-state index is 3.95. The van der Waals surface area contributed by atoms with Crippen molar-refractivity contribution < 1.29 is 0 Å². The summed E-state index contributed by atoms with van der Waals surface area (Å²) >= 11 is 0. The highest BCUT2D eigenvalue weighted by Gasteiger charge is 2.35. The van der Waals surface area contributed by atoms with Gasteiger partial charge in [0.1, 0.15) is 0 Å². The highest BCUT2D eigenvalue weighted by Crippen LogP contribution is 2.46. The van der Waals surface area contributed by atoms with Crippen molar-refractivity contribution in [1.29, 1.82) is 0 Å². The van der Waals surface area contributed by atoms with Gasteiger partial charge in [0.05, 0.1) is 0 Å². The molecular weight excluding hydrogens is 216 g/mol. The highest BCUT2D eigenvalue weighted by atomic mass is 14.4. The number of hydrogen-bond donors (Lipinski definition) is 0. The van der Waals surface area contributed by atoms with E-state index in [-0.39, 0.29) is 0 Å². The standard InChI is InChI=1S/C18H16/c1-3-6-14-11-12-16-8-5-7-15-10-9-13(4-2)17(14)18(15)16/h3-12,17-18H,1-2H2/b14-6-. The van der Waals surface area contributed by atoms with E-state index in [0.29, 0.717) is 11.8 Å². The van der Waals surface area contributed by atoms with E-state index in [9.17, 15) is 0 Å². The minimum Gasteiger partial charge on any atom is -0.0991 e. The Hall–Kier alpha value is -2.08. The molecule has 0 aromatic rings. The van der Waals surface area contributed by atoms with Gasteiger partial charge in [0.25, 0.3) is 0 Å². The molecule has 0 saturated carbocycles. The maximum atomic E-state index is 3.95. The van der Waals surface area contributed by atoms with Crippen molar-refractivity contribution in [1.82, 2.24) is 0 Å². The van der Waals surface area contributed by atoms with Gasteiger partial charge < -0.3 is 0 Å². The van der Waals surface area contributed by atoms with Gasteiger partial charge in [-0.1, -0.05) is 73.9 Å². The quantitative estimate of drug-likeness (QED) is 0.660. The topological polar surface area (TPSA) is 0 Å². The van der Waals surface area contributed by atoms with Crippen LogP contribution in [0.25, 0.3) is 0 Å². The van der Waals surface area contributed by atoms with Crippen LogP contribution in [0, 0.1) is 11.8 Å². The van der Waals surface area contributed by atoms with Crippen LogP contribution in [0.3, 0.4) is 0 Å². The molecule has 0 heterocycles. The van der Waals surface area contributed by atoms with E-state index >= 15 is 0 Å². The number of rotatable bonds is 2. The Morgan fingerprint density at radius 3 is 2.50 bits per heavy atom. The van der Waals surface area contributed by atoms with Crippen LogP contribution in [0.5, 0.6) is 0 Å². The second kappa shape index (κ2) is 4.30. The Balaban J connectivity index is 2.20. The summed E-state index contributed by atoms with van der Waals surface area (Å²) in [5, 5.41) is 0. The number of hydrogen-bond acceptors (Lipinski definition) is 0. The van der Waals surface area contributed by atoms with E-state index in [2.05, 4.69) is 61.8 Å². The lowest BCUT2D eigenvalue weighted by atomic mass is 9.66. The lowest BCUT2D eigenvalue weighted by molar-refractivity contribution is 0.567. The summed E-state index contributed by atoms with van der Waals surface area (Å²) in [6, 6.07) is 0. The molecule has 0 N–H and O–H groups in total. The first kappa shape index (κ1) is 11.0. The molecule has 0 bridgehead atoms. The third-order valence-corrected chi connectivity index (χ3v) is 3.83. The molecule has 0 nitrogen and oxygen atoms in total. The smallest absolute Gasteiger partial charge is 0.0199 e. The van der Waals surface area contributed by atoms with E-state index in [1.54, 1.807) is 0 Å². The fourth-order valence-electron chi connectivity index (χ4n) is 3.03. The van der Waals surface area contributed by atoms with Gasteiger partial charge >= 0.3 is 0 Å². The van der Waals surface area contributed by atoms with Crippen LogP contribution in [-0.4, -0.2) is 0 Å². The van der Waals surface area contributed by atoms with Gasteiger partial charge in [-0.2, -0.15) is 0 Å². The van der Waals surface area contributed by atoms with Crippen LogP contribution >= 0.6 is 0 Å². The highest BCUT2D eigenvalue weighted by molar-refractivity contribution is 5.57. The van der Waals surface area contributed by atoms with Crippen molar-refractivity contribution in [3.8, 4) is 0 Å². The van der Waals surface area contributed by atoms with E-state index in [4.69, 9.17) is 0 Å². The molecule has 2 atom stereocenters. The Labute approximate surface area is 108 Å². The Morgan fingerprint density at radius 1 is 0.889 bits per heavy atom. The monoisotopic (exact) mass is 232 g/mol. The molecular formula is C18H16. The predicted octanol–water partition coefficient (Wildman–Crippen LogP) is 4.45. The Kier molecular flexibility index (Phi) is 2.64. The molecule has 0 heteroatoms. The first-order valence-corrected chi connectivity index (χ1v) is 6.28. The molecule has 0 fully saturated rings. The Bertz CT molecular complexity index is 586. The molecule has 2 unspecified atom stereocenters. The first-order valence-electron chi connectivity index (χ1n) is 6.28. The third-order valence-electron chi connectivity index (χ3n) is 3.83. The summed E-state index contributed by atoms with van der Waals surface area (Å²) in [7, 11) is 0. The molecule has 18 heavy (non-hydrogen) atoms. The van der Waals surface area contributed by atoms with Crippen LogP contribution in [0.15, 0.2) is 96.2 Å². The molecule has 3 aliphatic carbocycles. The van der Waals surface area contributed by atoms with Gasteiger partial charge in [0, 0.05) is 11.8 Å². The van der Waals surface area contributed by atoms with Crippen molar-refractivity contribution >= 4 is 0 Å². The van der Waals surface area contributed by atoms with E-state index < -0.39 is 0 Å². The summed E-state index contributed by atoms with van der Waals surface area (Å²) in [6.07, 6.45) is 21.3. The Morgan fingerprint density at radius 2 is 1.72 bits per heavy atom. The van der Waals surface area contributed by atoms with Gasteiger partial charge in [-0.3, -0.25) is 0 Å². The summed E-state index contributed by atoms with van der Waals surface area (Å²) in [4.78, 5) is 0. The molecule has 88 valence electrons. The van der Waals surface area contributed by atoms with Crippen LogP contribution < -0.4 is 0 Å². The lowest BCUT2D eigenvalue weighted by Crippen LogP contribution is -2.27. The molecule has 3 aliphatic rings. The van der Waals surface area contributed by atoms with E-state index in [0.717, 1.165) is 0 Å². The van der Waals surface area contributed by atoms with Crippen molar-refractivity contribution in [3.63, 3.8) is 0 Å². The van der Waals surface area contributed by atoms with Gasteiger partial charge in [-0.15, -0.1) is 0 Å². The fraction of sp³-hybridized carbons (Fsp3) is 0.111. The number of allylic oxidation sites excluding steroid dienone is 14. The van der Waals surface area contributed by atoms with Crippen molar-refractivity contribution in [2.75, 3.05) is 0 Å². The maximum Gasteiger partial charge on any atom is 0.0199 e. The molecule has 0 aromatic heterocycles. The minimum atomic E-state index is 0.390. The van der Waals surface area contributed by atoms with E-state index in [1.807, 2.05) is 12.2 Å². The SMILES string of the molecule is C=C/C=C1/C=CC2=CC=CC3=CC=C(C=C)C1C23. The molecule has 0 radical (unpaired) electrons. The molecule has 0 amide bonds. The minimum absolute atomic E-state index is 0.390. The molecule has 0 aromatic carbocycles. The summed E-state index contributed by atoms with van der Waals surface area (Å²) in [5.41, 5.74) is 5.39.